The van der Waals surface area contributed by atoms with Crippen molar-refractivity contribution in [1.29, 1.82) is 0 Å². The second-order valence-corrected chi connectivity index (χ2v) is 6.27. The summed E-state index contributed by atoms with van der Waals surface area (Å²) in [6.45, 7) is 2.20. The Kier molecular flexibility index (Phi) is 5.48. The van der Waals surface area contributed by atoms with Gasteiger partial charge in [-0.05, 0) is 43.7 Å². The smallest absolute Gasteiger partial charge is 0.313 e. The van der Waals surface area contributed by atoms with Gasteiger partial charge in [-0.3, -0.25) is 9.59 Å². The SMILES string of the molecule is CC1CCC(NC(=O)C(=O)Nc2cccc(Cl)c2Cl)CC1. The Balaban J connectivity index is 1.91. The van der Waals surface area contributed by atoms with Crippen LogP contribution in [0.1, 0.15) is 32.6 Å². The zero-order valence-corrected chi connectivity index (χ0v) is 13.3. The first-order valence-corrected chi connectivity index (χ1v) is 7.79. The van der Waals surface area contributed by atoms with Crippen molar-refractivity contribution in [1.82, 2.24) is 5.32 Å². The lowest BCUT2D eigenvalue weighted by Crippen LogP contribution is -2.43. The lowest BCUT2D eigenvalue weighted by Gasteiger charge is -2.26. The summed E-state index contributed by atoms with van der Waals surface area (Å²) in [5, 5.41) is 5.81. The van der Waals surface area contributed by atoms with Crippen LogP contribution < -0.4 is 10.6 Å². The number of benzene rings is 1. The van der Waals surface area contributed by atoms with Crippen LogP contribution in [0.5, 0.6) is 0 Å². The lowest BCUT2D eigenvalue weighted by atomic mass is 9.87. The third kappa shape index (κ3) is 4.35. The Morgan fingerprint density at radius 3 is 2.43 bits per heavy atom. The molecule has 0 heterocycles. The molecule has 1 aromatic rings. The number of anilines is 1. The first-order chi connectivity index (χ1) is 9.97. The van der Waals surface area contributed by atoms with Gasteiger partial charge < -0.3 is 10.6 Å². The summed E-state index contributed by atoms with van der Waals surface area (Å²) in [5.41, 5.74) is 0.335. The van der Waals surface area contributed by atoms with Crippen molar-refractivity contribution in [2.75, 3.05) is 5.32 Å². The molecule has 0 saturated heterocycles. The normalized spacial score (nSPS) is 21.7. The van der Waals surface area contributed by atoms with Gasteiger partial charge in [0.05, 0.1) is 15.7 Å². The number of halogens is 2. The number of hydrogen-bond acceptors (Lipinski definition) is 2. The minimum atomic E-state index is -0.724. The van der Waals surface area contributed by atoms with Gasteiger partial charge >= 0.3 is 11.8 Å². The highest BCUT2D eigenvalue weighted by Gasteiger charge is 2.23. The molecule has 2 rings (SSSR count). The minimum Gasteiger partial charge on any atom is -0.345 e. The fourth-order valence-electron chi connectivity index (χ4n) is 2.43. The van der Waals surface area contributed by atoms with Crippen LogP contribution in [0.3, 0.4) is 0 Å². The zero-order chi connectivity index (χ0) is 15.4. The van der Waals surface area contributed by atoms with Crippen molar-refractivity contribution in [3.05, 3.63) is 28.2 Å². The molecule has 1 aliphatic rings. The fourth-order valence-corrected chi connectivity index (χ4v) is 2.78. The molecule has 0 aliphatic heterocycles. The van der Waals surface area contributed by atoms with E-state index in [2.05, 4.69) is 17.6 Å². The number of carbonyl (C=O) groups excluding carboxylic acids is 2. The van der Waals surface area contributed by atoms with Crippen molar-refractivity contribution < 1.29 is 9.59 Å². The van der Waals surface area contributed by atoms with Crippen LogP contribution in [0, 0.1) is 5.92 Å². The molecule has 1 aliphatic carbocycles. The van der Waals surface area contributed by atoms with Gasteiger partial charge in [0, 0.05) is 6.04 Å². The van der Waals surface area contributed by atoms with Crippen LogP contribution in [0.25, 0.3) is 0 Å². The van der Waals surface area contributed by atoms with Crippen LogP contribution in [0.2, 0.25) is 10.0 Å². The highest BCUT2D eigenvalue weighted by atomic mass is 35.5. The lowest BCUT2D eigenvalue weighted by molar-refractivity contribution is -0.136. The molecule has 1 aromatic carbocycles. The van der Waals surface area contributed by atoms with Crippen LogP contribution in [0.4, 0.5) is 5.69 Å². The van der Waals surface area contributed by atoms with Gasteiger partial charge in [-0.25, -0.2) is 0 Å². The molecule has 0 aromatic heterocycles. The Labute approximate surface area is 134 Å². The Hall–Kier alpha value is -1.26. The molecule has 2 N–H and O–H groups in total. The third-order valence-electron chi connectivity index (χ3n) is 3.76. The van der Waals surface area contributed by atoms with Gasteiger partial charge in [-0.2, -0.15) is 0 Å². The molecule has 4 nitrogen and oxygen atoms in total. The maximum Gasteiger partial charge on any atom is 0.313 e. The van der Waals surface area contributed by atoms with E-state index < -0.39 is 11.8 Å². The van der Waals surface area contributed by atoms with E-state index >= 15 is 0 Å². The number of amides is 2. The Morgan fingerprint density at radius 1 is 1.10 bits per heavy atom. The van der Waals surface area contributed by atoms with E-state index in [4.69, 9.17) is 23.2 Å². The van der Waals surface area contributed by atoms with Crippen molar-refractivity contribution >= 4 is 40.7 Å². The number of nitrogens with one attached hydrogen (secondary N) is 2. The summed E-state index contributed by atoms with van der Waals surface area (Å²) in [7, 11) is 0. The predicted molar refractivity (Wildman–Crippen MR) is 84.7 cm³/mol. The maximum atomic E-state index is 11.9. The van der Waals surface area contributed by atoms with E-state index in [1.54, 1.807) is 18.2 Å². The summed E-state index contributed by atoms with van der Waals surface area (Å²) >= 11 is 11.8. The standard InChI is InChI=1S/C15H18Cl2N2O2/c1-9-5-7-10(8-6-9)18-14(20)15(21)19-12-4-2-3-11(16)13(12)17/h2-4,9-10H,5-8H2,1H3,(H,18,20)(H,19,21). The van der Waals surface area contributed by atoms with Gasteiger partial charge in [-0.15, -0.1) is 0 Å². The number of hydrogen-bond donors (Lipinski definition) is 2. The molecule has 0 atom stereocenters. The molecular weight excluding hydrogens is 311 g/mol. The summed E-state index contributed by atoms with van der Waals surface area (Å²) in [4.78, 5) is 23.8. The maximum absolute atomic E-state index is 11.9. The Morgan fingerprint density at radius 2 is 1.76 bits per heavy atom. The number of rotatable bonds is 2. The van der Waals surface area contributed by atoms with E-state index in [0.717, 1.165) is 25.7 Å². The first kappa shape index (κ1) is 16.1. The average Bonchev–Trinajstić information content (AvgIpc) is 2.46. The molecule has 1 fully saturated rings. The molecular formula is C15H18Cl2N2O2. The highest BCUT2D eigenvalue weighted by molar-refractivity contribution is 6.45. The van der Waals surface area contributed by atoms with Crippen molar-refractivity contribution in [2.45, 2.75) is 38.6 Å². The third-order valence-corrected chi connectivity index (χ3v) is 4.58. The summed E-state index contributed by atoms with van der Waals surface area (Å²) in [6, 6.07) is 4.95. The second kappa shape index (κ2) is 7.14. The molecule has 114 valence electrons. The quantitative estimate of drug-likeness (QED) is 0.814. The molecule has 21 heavy (non-hydrogen) atoms. The van der Waals surface area contributed by atoms with Gasteiger partial charge in [0.15, 0.2) is 0 Å². The Bertz CT molecular complexity index is 540. The second-order valence-electron chi connectivity index (χ2n) is 5.49. The van der Waals surface area contributed by atoms with Gasteiger partial charge in [-0.1, -0.05) is 36.2 Å². The van der Waals surface area contributed by atoms with Gasteiger partial charge in [0.2, 0.25) is 0 Å². The van der Waals surface area contributed by atoms with Gasteiger partial charge in [0.25, 0.3) is 0 Å². The minimum absolute atomic E-state index is 0.0780. The van der Waals surface area contributed by atoms with Crippen LogP contribution in [-0.2, 0) is 9.59 Å². The van der Waals surface area contributed by atoms with E-state index in [9.17, 15) is 9.59 Å². The van der Waals surface area contributed by atoms with Crippen molar-refractivity contribution in [3.8, 4) is 0 Å². The molecule has 0 bridgehead atoms. The fraction of sp³-hybridized carbons (Fsp3) is 0.467. The van der Waals surface area contributed by atoms with Gasteiger partial charge in [0.1, 0.15) is 0 Å². The van der Waals surface area contributed by atoms with E-state index in [1.807, 2.05) is 0 Å². The highest BCUT2D eigenvalue weighted by Crippen LogP contribution is 2.29. The molecule has 1 saturated carbocycles. The van der Waals surface area contributed by atoms with Crippen LogP contribution in [-0.4, -0.2) is 17.9 Å². The summed E-state index contributed by atoms with van der Waals surface area (Å²) < 4.78 is 0. The molecule has 0 spiro atoms. The first-order valence-electron chi connectivity index (χ1n) is 7.03. The molecule has 2 amide bonds. The number of carbonyl (C=O) groups is 2. The molecule has 0 radical (unpaired) electrons. The largest absolute Gasteiger partial charge is 0.345 e. The summed E-state index contributed by atoms with van der Waals surface area (Å²) in [6.07, 6.45) is 3.98. The molecule has 0 unspecified atom stereocenters. The van der Waals surface area contributed by atoms with E-state index in [0.29, 0.717) is 16.6 Å². The van der Waals surface area contributed by atoms with Crippen molar-refractivity contribution in [3.63, 3.8) is 0 Å². The monoisotopic (exact) mass is 328 g/mol. The molecule has 6 heteroatoms. The van der Waals surface area contributed by atoms with Crippen LogP contribution >= 0.6 is 23.2 Å². The van der Waals surface area contributed by atoms with Crippen LogP contribution in [0.15, 0.2) is 18.2 Å². The van der Waals surface area contributed by atoms with E-state index in [-0.39, 0.29) is 11.1 Å². The van der Waals surface area contributed by atoms with E-state index in [1.165, 1.54) is 0 Å². The summed E-state index contributed by atoms with van der Waals surface area (Å²) in [5.74, 6) is -0.666. The van der Waals surface area contributed by atoms with Crippen molar-refractivity contribution in [2.24, 2.45) is 5.92 Å². The zero-order valence-electron chi connectivity index (χ0n) is 11.8. The topological polar surface area (TPSA) is 58.2 Å². The average molecular weight is 329 g/mol. The predicted octanol–water partition coefficient (Wildman–Crippen LogP) is 3.63.